The fourth-order valence-electron chi connectivity index (χ4n) is 3.94. The number of aliphatic carboxylic acids is 1. The lowest BCUT2D eigenvalue weighted by Crippen LogP contribution is -2.41. The van der Waals surface area contributed by atoms with Crippen LogP contribution < -0.4 is 15.5 Å². The molecule has 1 saturated carbocycles. The minimum atomic E-state index is -0.766. The van der Waals surface area contributed by atoms with Crippen molar-refractivity contribution in [3.05, 3.63) is 23.8 Å². The first kappa shape index (κ1) is 20.0. The molecule has 1 aliphatic carbocycles. The van der Waals surface area contributed by atoms with E-state index in [9.17, 15) is 14.4 Å². The molecular formula is C20H27N3O5. The summed E-state index contributed by atoms with van der Waals surface area (Å²) in [6.07, 6.45) is 4.61. The SMILES string of the molecule is COC(=O)c1ccc(N2CCCC2)c(NC(=O)NC2CCC(C(=O)O)CC2)c1. The number of hydrogen-bond acceptors (Lipinski definition) is 5. The number of nitrogens with one attached hydrogen (secondary N) is 2. The number of carbonyl (C=O) groups excluding carboxylic acids is 2. The van der Waals surface area contributed by atoms with Crippen LogP contribution in [0.4, 0.5) is 16.2 Å². The van der Waals surface area contributed by atoms with Gasteiger partial charge in [-0.2, -0.15) is 0 Å². The smallest absolute Gasteiger partial charge is 0.337 e. The fourth-order valence-corrected chi connectivity index (χ4v) is 3.94. The molecule has 2 fully saturated rings. The average molecular weight is 389 g/mol. The first-order valence-corrected chi connectivity index (χ1v) is 9.75. The average Bonchev–Trinajstić information content (AvgIpc) is 3.22. The van der Waals surface area contributed by atoms with Crippen LogP contribution in [0.15, 0.2) is 18.2 Å². The van der Waals surface area contributed by atoms with Gasteiger partial charge in [-0.25, -0.2) is 9.59 Å². The Morgan fingerprint density at radius 1 is 1.11 bits per heavy atom. The summed E-state index contributed by atoms with van der Waals surface area (Å²) in [7, 11) is 1.32. The number of benzene rings is 1. The first-order valence-electron chi connectivity index (χ1n) is 9.75. The van der Waals surface area contributed by atoms with E-state index in [1.165, 1.54) is 7.11 Å². The van der Waals surface area contributed by atoms with E-state index in [1.807, 2.05) is 6.07 Å². The van der Waals surface area contributed by atoms with E-state index in [4.69, 9.17) is 9.84 Å². The van der Waals surface area contributed by atoms with Crippen LogP contribution in [0.1, 0.15) is 48.9 Å². The number of hydrogen-bond donors (Lipinski definition) is 3. The Labute approximate surface area is 164 Å². The Kier molecular flexibility index (Phi) is 6.38. The topological polar surface area (TPSA) is 108 Å². The van der Waals surface area contributed by atoms with Crippen molar-refractivity contribution in [2.45, 2.75) is 44.6 Å². The van der Waals surface area contributed by atoms with Gasteiger partial charge in [-0.05, 0) is 56.7 Å². The van der Waals surface area contributed by atoms with Gasteiger partial charge in [0, 0.05) is 19.1 Å². The van der Waals surface area contributed by atoms with Crippen LogP contribution in [-0.2, 0) is 9.53 Å². The van der Waals surface area contributed by atoms with Crippen molar-refractivity contribution in [2.24, 2.45) is 5.92 Å². The van der Waals surface area contributed by atoms with Crippen molar-refractivity contribution in [2.75, 3.05) is 30.4 Å². The molecule has 3 rings (SSSR count). The molecule has 8 nitrogen and oxygen atoms in total. The third kappa shape index (κ3) is 4.74. The maximum Gasteiger partial charge on any atom is 0.337 e. The molecule has 1 saturated heterocycles. The van der Waals surface area contributed by atoms with Gasteiger partial charge in [-0.1, -0.05) is 0 Å². The van der Waals surface area contributed by atoms with E-state index in [1.54, 1.807) is 12.1 Å². The number of anilines is 2. The molecule has 1 aliphatic heterocycles. The van der Waals surface area contributed by atoms with Crippen LogP contribution in [0.3, 0.4) is 0 Å². The third-order valence-corrected chi connectivity index (χ3v) is 5.52. The van der Waals surface area contributed by atoms with Crippen LogP contribution in [0.5, 0.6) is 0 Å². The van der Waals surface area contributed by atoms with Crippen molar-refractivity contribution >= 4 is 29.3 Å². The number of carbonyl (C=O) groups is 3. The van der Waals surface area contributed by atoms with E-state index in [-0.39, 0.29) is 18.0 Å². The molecular weight excluding hydrogens is 362 g/mol. The summed E-state index contributed by atoms with van der Waals surface area (Å²) in [5.74, 6) is -1.54. The Bertz CT molecular complexity index is 737. The highest BCUT2D eigenvalue weighted by atomic mass is 16.5. The molecule has 0 spiro atoms. The molecule has 0 bridgehead atoms. The van der Waals surface area contributed by atoms with Crippen LogP contribution in [0.25, 0.3) is 0 Å². The zero-order valence-corrected chi connectivity index (χ0v) is 16.1. The second kappa shape index (κ2) is 8.95. The van der Waals surface area contributed by atoms with Gasteiger partial charge in [-0.15, -0.1) is 0 Å². The van der Waals surface area contributed by atoms with Gasteiger partial charge in [-0.3, -0.25) is 4.79 Å². The highest BCUT2D eigenvalue weighted by Crippen LogP contribution is 2.31. The number of ether oxygens (including phenoxy) is 1. The molecule has 28 heavy (non-hydrogen) atoms. The molecule has 0 radical (unpaired) electrons. The Balaban J connectivity index is 1.68. The number of rotatable bonds is 5. The molecule has 0 unspecified atom stereocenters. The Morgan fingerprint density at radius 3 is 2.39 bits per heavy atom. The molecule has 8 heteroatoms. The monoisotopic (exact) mass is 389 g/mol. The first-order chi connectivity index (χ1) is 13.5. The molecule has 2 aliphatic rings. The number of methoxy groups -OCH3 is 1. The molecule has 1 heterocycles. The molecule has 0 aromatic heterocycles. The van der Waals surface area contributed by atoms with Crippen LogP contribution in [-0.4, -0.2) is 49.3 Å². The normalized spacial score (nSPS) is 21.8. The van der Waals surface area contributed by atoms with Crippen molar-refractivity contribution in [3.8, 4) is 0 Å². The van der Waals surface area contributed by atoms with Gasteiger partial charge in [0.1, 0.15) is 0 Å². The number of esters is 1. The fraction of sp³-hybridized carbons (Fsp3) is 0.550. The summed E-state index contributed by atoms with van der Waals surface area (Å²) in [5, 5.41) is 14.9. The maximum atomic E-state index is 12.5. The minimum absolute atomic E-state index is 0.0466. The van der Waals surface area contributed by atoms with Crippen LogP contribution >= 0.6 is 0 Å². The van der Waals surface area contributed by atoms with Gasteiger partial charge in [0.2, 0.25) is 0 Å². The van der Waals surface area contributed by atoms with Crippen molar-refractivity contribution in [1.82, 2.24) is 5.32 Å². The second-order valence-corrected chi connectivity index (χ2v) is 7.40. The molecule has 0 atom stereocenters. The highest BCUT2D eigenvalue weighted by Gasteiger charge is 2.27. The lowest BCUT2D eigenvalue weighted by atomic mass is 9.86. The third-order valence-electron chi connectivity index (χ3n) is 5.52. The predicted molar refractivity (Wildman–Crippen MR) is 105 cm³/mol. The zero-order valence-electron chi connectivity index (χ0n) is 16.1. The quantitative estimate of drug-likeness (QED) is 0.669. The molecule has 1 aromatic rings. The van der Waals surface area contributed by atoms with Gasteiger partial charge >= 0.3 is 18.0 Å². The molecule has 152 valence electrons. The summed E-state index contributed by atoms with van der Waals surface area (Å²) in [5.41, 5.74) is 1.83. The maximum absolute atomic E-state index is 12.5. The standard InChI is InChI=1S/C20H27N3O5/c1-28-19(26)14-6-9-17(23-10-2-3-11-23)16(12-14)22-20(27)21-15-7-4-13(5-8-15)18(24)25/h6,9,12-13,15H,2-5,7-8,10-11H2,1H3,(H,24,25)(H2,21,22,27). The summed E-state index contributed by atoms with van der Waals surface area (Å²) in [4.78, 5) is 37.7. The van der Waals surface area contributed by atoms with Crippen molar-refractivity contribution < 1.29 is 24.2 Å². The van der Waals surface area contributed by atoms with Crippen molar-refractivity contribution in [3.63, 3.8) is 0 Å². The van der Waals surface area contributed by atoms with Gasteiger partial charge in [0.05, 0.1) is 30.0 Å². The Hall–Kier alpha value is -2.77. The van der Waals surface area contributed by atoms with Gasteiger partial charge in [0.15, 0.2) is 0 Å². The highest BCUT2D eigenvalue weighted by molar-refractivity contribution is 5.97. The number of amides is 2. The van der Waals surface area contributed by atoms with E-state index in [0.29, 0.717) is 36.9 Å². The molecule has 1 aromatic carbocycles. The van der Waals surface area contributed by atoms with E-state index in [0.717, 1.165) is 31.6 Å². The number of carboxylic acids is 1. The largest absolute Gasteiger partial charge is 0.481 e. The molecule has 2 amide bonds. The van der Waals surface area contributed by atoms with E-state index in [2.05, 4.69) is 15.5 Å². The summed E-state index contributed by atoms with van der Waals surface area (Å²) in [6.45, 7) is 1.82. The van der Waals surface area contributed by atoms with Gasteiger partial charge in [0.25, 0.3) is 0 Å². The number of urea groups is 1. The zero-order chi connectivity index (χ0) is 20.1. The predicted octanol–water partition coefficient (Wildman–Crippen LogP) is 2.84. The number of nitrogens with zero attached hydrogens (tertiary/aromatic N) is 1. The molecule has 3 N–H and O–H groups in total. The van der Waals surface area contributed by atoms with Crippen molar-refractivity contribution in [1.29, 1.82) is 0 Å². The summed E-state index contributed by atoms with van der Waals surface area (Å²) < 4.78 is 4.78. The lowest BCUT2D eigenvalue weighted by molar-refractivity contribution is -0.142. The number of carboxylic acid groups (broad SMARTS) is 1. The summed E-state index contributed by atoms with van der Waals surface area (Å²) >= 11 is 0. The Morgan fingerprint density at radius 2 is 1.79 bits per heavy atom. The second-order valence-electron chi connectivity index (χ2n) is 7.40. The lowest BCUT2D eigenvalue weighted by Gasteiger charge is -2.27. The minimum Gasteiger partial charge on any atom is -0.481 e. The van der Waals surface area contributed by atoms with E-state index >= 15 is 0 Å². The summed E-state index contributed by atoms with van der Waals surface area (Å²) in [6, 6.07) is 4.79. The van der Waals surface area contributed by atoms with E-state index < -0.39 is 11.9 Å². The van der Waals surface area contributed by atoms with Crippen LogP contribution in [0.2, 0.25) is 0 Å². The van der Waals surface area contributed by atoms with Gasteiger partial charge < -0.3 is 25.4 Å². The van der Waals surface area contributed by atoms with Crippen LogP contribution in [0, 0.1) is 5.92 Å².